The predicted molar refractivity (Wildman–Crippen MR) is 79.7 cm³/mol. The molecule has 3 heteroatoms. The van der Waals surface area contributed by atoms with Gasteiger partial charge in [0.15, 0.2) is 0 Å². The first-order valence-electron chi connectivity index (χ1n) is 6.35. The Labute approximate surface area is 114 Å². The lowest BCUT2D eigenvalue weighted by molar-refractivity contribution is 0.700. The van der Waals surface area contributed by atoms with E-state index in [1.165, 1.54) is 15.7 Å². The first kappa shape index (κ1) is 14.5. The molecule has 1 rings (SSSR count). The van der Waals surface area contributed by atoms with E-state index in [2.05, 4.69) is 72.0 Å². The van der Waals surface area contributed by atoms with Crippen LogP contribution in [0.3, 0.4) is 0 Å². The van der Waals surface area contributed by atoms with Gasteiger partial charge in [-0.2, -0.15) is 0 Å². The molecule has 96 valence electrons. The van der Waals surface area contributed by atoms with Crippen molar-refractivity contribution in [2.24, 2.45) is 0 Å². The molecule has 2 nitrogen and oxygen atoms in total. The van der Waals surface area contributed by atoms with Crippen LogP contribution < -0.4 is 10.2 Å². The molecular formula is C14H23BrN2. The van der Waals surface area contributed by atoms with E-state index in [-0.39, 0.29) is 0 Å². The van der Waals surface area contributed by atoms with Gasteiger partial charge in [0.1, 0.15) is 0 Å². The van der Waals surface area contributed by atoms with Gasteiger partial charge in [-0.1, -0.05) is 13.0 Å². The monoisotopic (exact) mass is 298 g/mol. The van der Waals surface area contributed by atoms with Crippen LogP contribution in [0.1, 0.15) is 33.3 Å². The molecule has 0 aliphatic rings. The maximum atomic E-state index is 3.68. The Morgan fingerprint density at radius 1 is 1.29 bits per heavy atom. The van der Waals surface area contributed by atoms with E-state index in [1.54, 1.807) is 0 Å². The zero-order valence-corrected chi connectivity index (χ0v) is 12.8. The lowest BCUT2D eigenvalue weighted by atomic mass is 10.1. The van der Waals surface area contributed by atoms with E-state index < -0.39 is 0 Å². The van der Waals surface area contributed by atoms with Crippen molar-refractivity contribution in [1.82, 2.24) is 5.32 Å². The highest BCUT2D eigenvalue weighted by Gasteiger charge is 2.11. The fraction of sp³-hybridized carbons (Fsp3) is 0.571. The predicted octanol–water partition coefficient (Wildman–Crippen LogP) is 3.79. The van der Waals surface area contributed by atoms with Crippen LogP contribution in [-0.4, -0.2) is 19.1 Å². The summed E-state index contributed by atoms with van der Waals surface area (Å²) in [5.74, 6) is 0. The van der Waals surface area contributed by atoms with E-state index in [0.29, 0.717) is 6.04 Å². The number of halogens is 1. The molecule has 0 saturated carbocycles. The minimum atomic E-state index is 0.524. The highest BCUT2D eigenvalue weighted by Crippen LogP contribution is 2.28. The van der Waals surface area contributed by atoms with Crippen molar-refractivity contribution in [2.45, 2.75) is 40.3 Å². The molecule has 0 saturated heterocycles. The molecule has 0 atom stereocenters. The highest BCUT2D eigenvalue weighted by molar-refractivity contribution is 9.10. The van der Waals surface area contributed by atoms with Gasteiger partial charge >= 0.3 is 0 Å². The zero-order chi connectivity index (χ0) is 12.8. The van der Waals surface area contributed by atoms with Crippen LogP contribution in [0.5, 0.6) is 0 Å². The van der Waals surface area contributed by atoms with Gasteiger partial charge in [-0.05, 0) is 60.9 Å². The van der Waals surface area contributed by atoms with Crippen molar-refractivity contribution in [1.29, 1.82) is 0 Å². The molecule has 0 radical (unpaired) electrons. The van der Waals surface area contributed by atoms with Gasteiger partial charge in [0, 0.05) is 23.6 Å². The lowest BCUT2D eigenvalue weighted by Crippen LogP contribution is -2.30. The molecule has 0 aliphatic heterocycles. The first-order chi connectivity index (χ1) is 8.10. The molecule has 1 aromatic rings. The molecule has 0 bridgehead atoms. The molecule has 0 aromatic heterocycles. The third kappa shape index (κ3) is 4.00. The van der Waals surface area contributed by atoms with Crippen molar-refractivity contribution in [3.8, 4) is 0 Å². The maximum absolute atomic E-state index is 3.68. The van der Waals surface area contributed by atoms with E-state index in [4.69, 9.17) is 0 Å². The quantitative estimate of drug-likeness (QED) is 0.859. The first-order valence-corrected chi connectivity index (χ1v) is 7.15. The Hall–Kier alpha value is -0.540. The number of nitrogens with zero attached hydrogens (tertiary/aromatic N) is 1. The van der Waals surface area contributed by atoms with Crippen LogP contribution in [0.2, 0.25) is 0 Å². The fourth-order valence-electron chi connectivity index (χ4n) is 1.98. The van der Waals surface area contributed by atoms with Crippen LogP contribution in [0.4, 0.5) is 5.69 Å². The second kappa shape index (κ2) is 7.02. The van der Waals surface area contributed by atoms with Gasteiger partial charge in [0.05, 0.1) is 5.69 Å². The van der Waals surface area contributed by atoms with E-state index in [1.807, 2.05) is 0 Å². The summed E-state index contributed by atoms with van der Waals surface area (Å²) < 4.78 is 1.18. The summed E-state index contributed by atoms with van der Waals surface area (Å²) in [5, 5.41) is 3.34. The molecule has 0 amide bonds. The summed E-state index contributed by atoms with van der Waals surface area (Å²) in [7, 11) is 0. The highest BCUT2D eigenvalue weighted by atomic mass is 79.9. The van der Waals surface area contributed by atoms with Crippen molar-refractivity contribution >= 4 is 21.6 Å². The summed E-state index contributed by atoms with van der Waals surface area (Å²) in [5.41, 5.74) is 2.60. The standard InChI is InChI=1S/C14H23BrN2/c1-5-16-10-12-7-8-14(13(15)9-12)17(6-2)11(3)4/h7-9,11,16H,5-6,10H2,1-4H3. The summed E-state index contributed by atoms with van der Waals surface area (Å²) in [6.45, 7) is 11.7. The second-order valence-electron chi connectivity index (χ2n) is 4.45. The molecule has 0 spiro atoms. The molecule has 0 aliphatic carbocycles. The van der Waals surface area contributed by atoms with Gasteiger partial charge < -0.3 is 10.2 Å². The van der Waals surface area contributed by atoms with Crippen LogP contribution in [-0.2, 0) is 6.54 Å². The van der Waals surface area contributed by atoms with Gasteiger partial charge in [0.25, 0.3) is 0 Å². The Balaban J connectivity index is 2.88. The smallest absolute Gasteiger partial charge is 0.0513 e. The SMILES string of the molecule is CCNCc1ccc(N(CC)C(C)C)c(Br)c1. The minimum Gasteiger partial charge on any atom is -0.368 e. The van der Waals surface area contributed by atoms with Gasteiger partial charge in [-0.3, -0.25) is 0 Å². The number of anilines is 1. The molecule has 17 heavy (non-hydrogen) atoms. The topological polar surface area (TPSA) is 15.3 Å². The summed E-state index contributed by atoms with van der Waals surface area (Å²) >= 11 is 3.68. The Morgan fingerprint density at radius 2 is 2.00 bits per heavy atom. The third-order valence-electron chi connectivity index (χ3n) is 2.86. The lowest BCUT2D eigenvalue weighted by Gasteiger charge is -2.28. The van der Waals surface area contributed by atoms with Crippen molar-refractivity contribution in [3.05, 3.63) is 28.2 Å². The molecule has 1 N–H and O–H groups in total. The van der Waals surface area contributed by atoms with Crippen molar-refractivity contribution < 1.29 is 0 Å². The maximum Gasteiger partial charge on any atom is 0.0513 e. The molecule has 1 aromatic carbocycles. The second-order valence-corrected chi connectivity index (χ2v) is 5.30. The van der Waals surface area contributed by atoms with E-state index in [9.17, 15) is 0 Å². The van der Waals surface area contributed by atoms with Crippen LogP contribution >= 0.6 is 15.9 Å². The van der Waals surface area contributed by atoms with Crippen LogP contribution in [0, 0.1) is 0 Å². The van der Waals surface area contributed by atoms with E-state index in [0.717, 1.165) is 19.6 Å². The summed E-state index contributed by atoms with van der Waals surface area (Å²) in [4.78, 5) is 2.39. The Morgan fingerprint density at radius 3 is 2.47 bits per heavy atom. The minimum absolute atomic E-state index is 0.524. The van der Waals surface area contributed by atoms with Crippen molar-refractivity contribution in [2.75, 3.05) is 18.0 Å². The van der Waals surface area contributed by atoms with Crippen molar-refractivity contribution in [3.63, 3.8) is 0 Å². The fourth-order valence-corrected chi connectivity index (χ4v) is 2.63. The summed E-state index contributed by atoms with van der Waals surface area (Å²) in [6.07, 6.45) is 0. The molecule has 0 heterocycles. The zero-order valence-electron chi connectivity index (χ0n) is 11.3. The molecular weight excluding hydrogens is 276 g/mol. The van der Waals surface area contributed by atoms with Gasteiger partial charge in [-0.25, -0.2) is 0 Å². The number of hydrogen-bond acceptors (Lipinski definition) is 2. The molecule has 0 fully saturated rings. The Kier molecular flexibility index (Phi) is 6.00. The van der Waals surface area contributed by atoms with E-state index >= 15 is 0 Å². The Bertz CT molecular complexity index is 350. The average molecular weight is 299 g/mol. The van der Waals surface area contributed by atoms with Crippen LogP contribution in [0.15, 0.2) is 22.7 Å². The number of nitrogens with one attached hydrogen (secondary N) is 1. The number of hydrogen-bond donors (Lipinski definition) is 1. The largest absolute Gasteiger partial charge is 0.368 e. The average Bonchev–Trinajstić information content (AvgIpc) is 2.29. The number of benzene rings is 1. The summed E-state index contributed by atoms with van der Waals surface area (Å²) in [6, 6.07) is 7.15. The molecule has 0 unspecified atom stereocenters. The third-order valence-corrected chi connectivity index (χ3v) is 3.50. The van der Waals surface area contributed by atoms with Crippen LogP contribution in [0.25, 0.3) is 0 Å². The number of rotatable bonds is 6. The van der Waals surface area contributed by atoms with Gasteiger partial charge in [0.2, 0.25) is 0 Å². The normalized spacial score (nSPS) is 10.9. The van der Waals surface area contributed by atoms with Gasteiger partial charge in [-0.15, -0.1) is 0 Å².